The van der Waals surface area contributed by atoms with E-state index in [0.717, 1.165) is 42.6 Å². The largest absolute Gasteiger partial charge is 0.462 e. The number of hydrogen-bond acceptors (Lipinski definition) is 7. The predicted octanol–water partition coefficient (Wildman–Crippen LogP) is 4.38. The summed E-state index contributed by atoms with van der Waals surface area (Å²) >= 11 is 0. The Balaban J connectivity index is 1.31. The third kappa shape index (κ3) is 5.69. The average Bonchev–Trinajstić information content (AvgIpc) is 3.29. The number of ether oxygens (including phenoxy) is 1. The van der Waals surface area contributed by atoms with E-state index < -0.39 is 5.97 Å². The summed E-state index contributed by atoms with van der Waals surface area (Å²) in [4.78, 5) is 31.7. The molecule has 1 aliphatic rings. The van der Waals surface area contributed by atoms with Gasteiger partial charge in [-0.3, -0.25) is 9.69 Å². The minimum absolute atomic E-state index is 0.0247. The van der Waals surface area contributed by atoms with E-state index in [4.69, 9.17) is 9.26 Å². The highest BCUT2D eigenvalue weighted by Crippen LogP contribution is 2.24. The molecule has 1 saturated heterocycles. The molecule has 0 spiro atoms. The fourth-order valence-corrected chi connectivity index (χ4v) is 4.10. The molecule has 1 aromatic heterocycles. The Morgan fingerprint density at radius 3 is 2.68 bits per heavy atom. The van der Waals surface area contributed by atoms with Crippen molar-refractivity contribution in [3.05, 3.63) is 65.0 Å². The minimum atomic E-state index is -0.391. The van der Waals surface area contributed by atoms with Gasteiger partial charge in [0.15, 0.2) is 0 Å². The molecular formula is C26H30N4O4. The van der Waals surface area contributed by atoms with Gasteiger partial charge >= 0.3 is 5.97 Å². The van der Waals surface area contributed by atoms with Gasteiger partial charge in [0.1, 0.15) is 0 Å². The van der Waals surface area contributed by atoms with Crippen LogP contribution in [0.15, 0.2) is 47.0 Å². The number of esters is 1. The number of anilines is 1. The number of amides is 1. The van der Waals surface area contributed by atoms with Crippen LogP contribution in [0, 0.1) is 19.8 Å². The van der Waals surface area contributed by atoms with Gasteiger partial charge in [-0.1, -0.05) is 35.0 Å². The molecule has 1 N–H and O–H groups in total. The quantitative estimate of drug-likeness (QED) is 0.520. The van der Waals surface area contributed by atoms with E-state index in [1.165, 1.54) is 0 Å². The van der Waals surface area contributed by atoms with Crippen LogP contribution in [0.4, 0.5) is 5.69 Å². The summed E-state index contributed by atoms with van der Waals surface area (Å²) in [6.07, 6.45) is 1.47. The Bertz CT molecular complexity index is 1170. The highest BCUT2D eigenvalue weighted by Gasteiger charge is 2.26. The van der Waals surface area contributed by atoms with Crippen LogP contribution in [0.25, 0.3) is 11.4 Å². The number of piperidine rings is 1. The first-order chi connectivity index (χ1) is 16.4. The molecule has 0 aliphatic carbocycles. The van der Waals surface area contributed by atoms with Gasteiger partial charge in [0, 0.05) is 17.2 Å². The van der Waals surface area contributed by atoms with E-state index in [-0.39, 0.29) is 11.8 Å². The van der Waals surface area contributed by atoms with Crippen molar-refractivity contribution < 1.29 is 18.8 Å². The van der Waals surface area contributed by atoms with Gasteiger partial charge in [-0.05, 0) is 70.5 Å². The van der Waals surface area contributed by atoms with E-state index in [2.05, 4.69) is 20.4 Å². The second kappa shape index (κ2) is 10.6. The second-order valence-corrected chi connectivity index (χ2v) is 8.67. The monoisotopic (exact) mass is 462 g/mol. The fourth-order valence-electron chi connectivity index (χ4n) is 4.10. The smallest absolute Gasteiger partial charge is 0.338 e. The van der Waals surface area contributed by atoms with Crippen molar-refractivity contribution in [3.63, 3.8) is 0 Å². The zero-order chi connectivity index (χ0) is 24.1. The van der Waals surface area contributed by atoms with Crippen molar-refractivity contribution in [2.75, 3.05) is 25.0 Å². The highest BCUT2D eigenvalue weighted by atomic mass is 16.5. The molecule has 0 unspecified atom stereocenters. The Labute approximate surface area is 199 Å². The number of carbonyl (C=O) groups is 2. The molecule has 178 valence electrons. The maximum absolute atomic E-state index is 12.9. The third-order valence-electron chi connectivity index (χ3n) is 6.07. The van der Waals surface area contributed by atoms with Crippen LogP contribution < -0.4 is 5.32 Å². The van der Waals surface area contributed by atoms with Gasteiger partial charge in [-0.2, -0.15) is 4.98 Å². The van der Waals surface area contributed by atoms with Crippen LogP contribution >= 0.6 is 0 Å². The van der Waals surface area contributed by atoms with Gasteiger partial charge in [0.25, 0.3) is 0 Å². The Morgan fingerprint density at radius 2 is 1.94 bits per heavy atom. The van der Waals surface area contributed by atoms with Crippen molar-refractivity contribution in [3.8, 4) is 11.4 Å². The zero-order valence-corrected chi connectivity index (χ0v) is 19.8. The Kier molecular flexibility index (Phi) is 7.37. The number of nitrogens with zero attached hydrogens (tertiary/aromatic N) is 3. The molecule has 3 aromatic rings. The molecule has 2 aromatic carbocycles. The van der Waals surface area contributed by atoms with E-state index in [0.29, 0.717) is 36.1 Å². The minimum Gasteiger partial charge on any atom is -0.462 e. The topological polar surface area (TPSA) is 97.6 Å². The number of aromatic nitrogens is 2. The SMILES string of the molecule is CCOC(=O)c1ccc(C)c(NC(=O)C2CCN(Cc3nc(-c4cccc(C)c4)no3)CC2)c1. The van der Waals surface area contributed by atoms with E-state index in [1.807, 2.05) is 44.2 Å². The molecule has 34 heavy (non-hydrogen) atoms. The molecule has 0 radical (unpaired) electrons. The van der Waals surface area contributed by atoms with Crippen LogP contribution in [0.1, 0.15) is 47.1 Å². The van der Waals surface area contributed by atoms with Crippen molar-refractivity contribution in [1.82, 2.24) is 15.0 Å². The van der Waals surface area contributed by atoms with Gasteiger partial charge in [0.05, 0.1) is 18.7 Å². The van der Waals surface area contributed by atoms with E-state index >= 15 is 0 Å². The summed E-state index contributed by atoms with van der Waals surface area (Å²) in [5.74, 6) is 0.660. The lowest BCUT2D eigenvalue weighted by Gasteiger charge is -2.30. The first-order valence-corrected chi connectivity index (χ1v) is 11.6. The molecule has 1 aliphatic heterocycles. The molecule has 0 atom stereocenters. The second-order valence-electron chi connectivity index (χ2n) is 8.67. The Morgan fingerprint density at radius 1 is 1.15 bits per heavy atom. The summed E-state index contributed by atoms with van der Waals surface area (Å²) in [5, 5.41) is 7.11. The number of nitrogens with one attached hydrogen (secondary N) is 1. The van der Waals surface area contributed by atoms with Gasteiger partial charge in [0.2, 0.25) is 17.6 Å². The van der Waals surface area contributed by atoms with Crippen LogP contribution in [-0.4, -0.2) is 46.6 Å². The molecule has 4 rings (SSSR count). The molecule has 1 amide bonds. The van der Waals surface area contributed by atoms with Crippen LogP contribution in [-0.2, 0) is 16.1 Å². The van der Waals surface area contributed by atoms with Crippen LogP contribution in [0.2, 0.25) is 0 Å². The molecule has 1 fully saturated rings. The zero-order valence-electron chi connectivity index (χ0n) is 19.8. The van der Waals surface area contributed by atoms with E-state index in [1.54, 1.807) is 19.1 Å². The van der Waals surface area contributed by atoms with Gasteiger partial charge in [-0.25, -0.2) is 4.79 Å². The number of carbonyl (C=O) groups excluding carboxylic acids is 2. The lowest BCUT2D eigenvalue weighted by atomic mass is 9.95. The summed E-state index contributed by atoms with van der Waals surface area (Å²) in [7, 11) is 0. The van der Waals surface area contributed by atoms with Crippen LogP contribution in [0.5, 0.6) is 0 Å². The summed E-state index contributed by atoms with van der Waals surface area (Å²) in [5.41, 5.74) is 4.06. The van der Waals surface area contributed by atoms with Crippen molar-refractivity contribution in [2.24, 2.45) is 5.92 Å². The average molecular weight is 463 g/mol. The van der Waals surface area contributed by atoms with Crippen molar-refractivity contribution >= 4 is 17.6 Å². The lowest BCUT2D eigenvalue weighted by Crippen LogP contribution is -2.37. The number of likely N-dealkylation sites (tertiary alicyclic amines) is 1. The maximum Gasteiger partial charge on any atom is 0.338 e. The third-order valence-corrected chi connectivity index (χ3v) is 6.07. The molecule has 8 heteroatoms. The number of rotatable bonds is 7. The molecule has 0 bridgehead atoms. The molecule has 0 saturated carbocycles. The molecule has 2 heterocycles. The number of aryl methyl sites for hydroxylation is 2. The predicted molar refractivity (Wildman–Crippen MR) is 128 cm³/mol. The van der Waals surface area contributed by atoms with E-state index in [9.17, 15) is 9.59 Å². The summed E-state index contributed by atoms with van der Waals surface area (Å²) < 4.78 is 10.5. The molecule has 8 nitrogen and oxygen atoms in total. The summed E-state index contributed by atoms with van der Waals surface area (Å²) in [6.45, 7) is 8.11. The fraction of sp³-hybridized carbons (Fsp3) is 0.385. The normalized spacial score (nSPS) is 14.7. The number of hydrogen-bond donors (Lipinski definition) is 1. The maximum atomic E-state index is 12.9. The van der Waals surface area contributed by atoms with Crippen molar-refractivity contribution in [2.45, 2.75) is 40.2 Å². The highest BCUT2D eigenvalue weighted by molar-refractivity contribution is 5.96. The molecular weight excluding hydrogens is 432 g/mol. The van der Waals surface area contributed by atoms with Crippen LogP contribution in [0.3, 0.4) is 0 Å². The summed E-state index contributed by atoms with van der Waals surface area (Å²) in [6, 6.07) is 13.2. The first-order valence-electron chi connectivity index (χ1n) is 11.6. The first kappa shape index (κ1) is 23.6. The van der Waals surface area contributed by atoms with Gasteiger partial charge in [-0.15, -0.1) is 0 Å². The van der Waals surface area contributed by atoms with Gasteiger partial charge < -0.3 is 14.6 Å². The standard InChI is InChI=1S/C26H30N4O4/c1-4-33-26(32)21-9-8-18(3)22(15-21)27-25(31)19-10-12-30(13-11-19)16-23-28-24(29-34-23)20-7-5-6-17(2)14-20/h5-9,14-15,19H,4,10-13,16H2,1-3H3,(H,27,31). The number of benzene rings is 2. The Hall–Kier alpha value is -3.52. The lowest BCUT2D eigenvalue weighted by molar-refractivity contribution is -0.121. The van der Waals surface area contributed by atoms with Crippen molar-refractivity contribution in [1.29, 1.82) is 0 Å².